The first-order valence-corrected chi connectivity index (χ1v) is 14.3. The number of aryl methyl sites for hydroxylation is 1. The minimum Gasteiger partial charge on any atom is -0.345 e. The van der Waals surface area contributed by atoms with Crippen molar-refractivity contribution in [3.63, 3.8) is 0 Å². The van der Waals surface area contributed by atoms with Crippen molar-refractivity contribution < 1.29 is 13.2 Å². The van der Waals surface area contributed by atoms with Crippen molar-refractivity contribution >= 4 is 42.6 Å². The summed E-state index contributed by atoms with van der Waals surface area (Å²) in [5, 5.41) is 1.00. The van der Waals surface area contributed by atoms with Gasteiger partial charge in [-0.1, -0.05) is 30.7 Å². The average Bonchev–Trinajstić information content (AvgIpc) is 3.32. The normalized spacial score (nSPS) is 17.9. The summed E-state index contributed by atoms with van der Waals surface area (Å²) in [6.07, 6.45) is 3.89. The van der Waals surface area contributed by atoms with Gasteiger partial charge in [-0.05, 0) is 61.2 Å². The molecule has 2 saturated heterocycles. The molecule has 5 rings (SSSR count). The van der Waals surface area contributed by atoms with Gasteiger partial charge in [-0.15, -0.1) is 0 Å². The van der Waals surface area contributed by atoms with E-state index in [0.717, 1.165) is 49.4 Å². The SMILES string of the molecule is CCc1ccc2nc(N3CCN(C(=O)c4ccc(S(=O)(=O)N5CCCCC5)cc4)CC3)sc2c1. The number of hydrogen-bond acceptors (Lipinski definition) is 6. The fourth-order valence-corrected chi connectivity index (χ4v) is 7.22. The summed E-state index contributed by atoms with van der Waals surface area (Å²) in [4.78, 5) is 22.2. The zero-order chi connectivity index (χ0) is 23.7. The van der Waals surface area contributed by atoms with Gasteiger partial charge in [0, 0.05) is 44.8 Å². The van der Waals surface area contributed by atoms with Gasteiger partial charge in [0.2, 0.25) is 10.0 Å². The van der Waals surface area contributed by atoms with Crippen molar-refractivity contribution in [2.75, 3.05) is 44.2 Å². The molecule has 1 aromatic heterocycles. The minimum atomic E-state index is -3.49. The van der Waals surface area contributed by atoms with Crippen molar-refractivity contribution in [1.29, 1.82) is 0 Å². The lowest BCUT2D eigenvalue weighted by Crippen LogP contribution is -2.48. The van der Waals surface area contributed by atoms with Crippen molar-refractivity contribution in [3.8, 4) is 0 Å². The zero-order valence-corrected chi connectivity index (χ0v) is 21.1. The van der Waals surface area contributed by atoms with Gasteiger partial charge in [-0.25, -0.2) is 13.4 Å². The van der Waals surface area contributed by atoms with Crippen molar-refractivity contribution in [2.45, 2.75) is 37.5 Å². The molecule has 0 radical (unpaired) electrons. The van der Waals surface area contributed by atoms with E-state index in [-0.39, 0.29) is 10.8 Å². The summed E-state index contributed by atoms with van der Waals surface area (Å²) in [7, 11) is -3.49. The van der Waals surface area contributed by atoms with E-state index in [1.165, 1.54) is 10.3 Å². The quantitative estimate of drug-likeness (QED) is 0.532. The number of thiazole rings is 1. The first kappa shape index (κ1) is 23.3. The van der Waals surface area contributed by atoms with Gasteiger partial charge in [0.15, 0.2) is 5.13 Å². The van der Waals surface area contributed by atoms with Gasteiger partial charge < -0.3 is 9.80 Å². The molecular formula is C25H30N4O3S2. The summed E-state index contributed by atoms with van der Waals surface area (Å²) in [6, 6.07) is 12.9. The number of sulfonamides is 1. The number of piperazine rings is 1. The van der Waals surface area contributed by atoms with Crippen molar-refractivity contribution in [2.24, 2.45) is 0 Å². The Morgan fingerprint density at radius 3 is 2.32 bits per heavy atom. The summed E-state index contributed by atoms with van der Waals surface area (Å²) in [5.41, 5.74) is 2.86. The van der Waals surface area contributed by atoms with Crippen LogP contribution in [-0.4, -0.2) is 67.8 Å². The third-order valence-corrected chi connectivity index (χ3v) is 9.73. The summed E-state index contributed by atoms with van der Waals surface area (Å²) in [5.74, 6) is -0.0570. The Hall–Kier alpha value is -2.49. The van der Waals surface area contributed by atoms with E-state index >= 15 is 0 Å². The Kier molecular flexibility index (Phi) is 6.59. The third-order valence-electron chi connectivity index (χ3n) is 6.74. The van der Waals surface area contributed by atoms with Crippen molar-refractivity contribution in [3.05, 3.63) is 53.6 Å². The molecule has 0 atom stereocenters. The highest BCUT2D eigenvalue weighted by Gasteiger charge is 2.27. The summed E-state index contributed by atoms with van der Waals surface area (Å²) in [6.45, 7) is 5.98. The molecule has 3 aromatic rings. The highest BCUT2D eigenvalue weighted by Crippen LogP contribution is 2.30. The topological polar surface area (TPSA) is 73.8 Å². The predicted octanol–water partition coefficient (Wildman–Crippen LogP) is 4.00. The summed E-state index contributed by atoms with van der Waals surface area (Å²) < 4.78 is 28.5. The Bertz CT molecular complexity index is 1270. The molecule has 180 valence electrons. The van der Waals surface area contributed by atoms with Crippen LogP contribution in [0.15, 0.2) is 47.4 Å². The highest BCUT2D eigenvalue weighted by atomic mass is 32.2. The number of rotatable bonds is 5. The van der Waals surface area contributed by atoms with E-state index in [0.29, 0.717) is 31.7 Å². The number of fused-ring (bicyclic) bond motifs is 1. The Morgan fingerprint density at radius 1 is 0.941 bits per heavy atom. The minimum absolute atomic E-state index is 0.0570. The van der Waals surface area contributed by atoms with Crippen LogP contribution < -0.4 is 4.90 Å². The maximum Gasteiger partial charge on any atom is 0.253 e. The van der Waals surface area contributed by atoms with E-state index < -0.39 is 10.0 Å². The monoisotopic (exact) mass is 498 g/mol. The largest absolute Gasteiger partial charge is 0.345 e. The Labute approximate surface area is 205 Å². The summed E-state index contributed by atoms with van der Waals surface area (Å²) >= 11 is 1.71. The number of piperidine rings is 1. The second kappa shape index (κ2) is 9.64. The zero-order valence-electron chi connectivity index (χ0n) is 19.4. The lowest BCUT2D eigenvalue weighted by atomic mass is 10.2. The number of carbonyl (C=O) groups is 1. The Morgan fingerprint density at radius 2 is 1.65 bits per heavy atom. The van der Waals surface area contributed by atoms with Gasteiger partial charge in [0.1, 0.15) is 0 Å². The van der Waals surface area contributed by atoms with Crippen LogP contribution in [0.5, 0.6) is 0 Å². The van der Waals surface area contributed by atoms with Gasteiger partial charge in [-0.2, -0.15) is 4.31 Å². The molecule has 0 bridgehead atoms. The number of nitrogens with zero attached hydrogens (tertiary/aromatic N) is 4. The lowest BCUT2D eigenvalue weighted by molar-refractivity contribution is 0.0746. The van der Waals surface area contributed by atoms with Crippen LogP contribution >= 0.6 is 11.3 Å². The van der Waals surface area contributed by atoms with Crippen LogP contribution in [0.4, 0.5) is 5.13 Å². The van der Waals surface area contributed by atoms with Crippen LogP contribution in [-0.2, 0) is 16.4 Å². The van der Waals surface area contributed by atoms with Gasteiger partial charge >= 0.3 is 0 Å². The van der Waals surface area contributed by atoms with Crippen LogP contribution in [0, 0.1) is 0 Å². The Balaban J connectivity index is 1.22. The molecule has 2 aliphatic rings. The molecule has 34 heavy (non-hydrogen) atoms. The molecule has 7 nitrogen and oxygen atoms in total. The van der Waals surface area contributed by atoms with Crippen LogP contribution in [0.25, 0.3) is 10.2 Å². The molecule has 0 unspecified atom stereocenters. The number of hydrogen-bond donors (Lipinski definition) is 0. The molecule has 2 fully saturated rings. The standard InChI is InChI=1S/C25H30N4O3S2/c1-2-19-6-11-22-23(18-19)33-25(26-22)28-16-14-27(15-17-28)24(30)20-7-9-21(10-8-20)34(31,32)29-12-4-3-5-13-29/h6-11,18H,2-5,12-17H2,1H3. The highest BCUT2D eigenvalue weighted by molar-refractivity contribution is 7.89. The number of benzene rings is 2. The number of amides is 1. The fraction of sp³-hybridized carbons (Fsp3) is 0.440. The molecule has 0 spiro atoms. The average molecular weight is 499 g/mol. The molecule has 2 aromatic carbocycles. The predicted molar refractivity (Wildman–Crippen MR) is 136 cm³/mol. The molecule has 0 N–H and O–H groups in total. The van der Waals surface area contributed by atoms with Crippen LogP contribution in [0.1, 0.15) is 42.1 Å². The number of aromatic nitrogens is 1. The molecule has 0 aliphatic carbocycles. The first-order chi connectivity index (χ1) is 16.5. The van der Waals surface area contributed by atoms with E-state index in [1.807, 2.05) is 4.90 Å². The molecule has 3 heterocycles. The molecule has 1 amide bonds. The van der Waals surface area contributed by atoms with Crippen LogP contribution in [0.2, 0.25) is 0 Å². The van der Waals surface area contributed by atoms with Crippen molar-refractivity contribution in [1.82, 2.24) is 14.2 Å². The van der Waals surface area contributed by atoms with Gasteiger partial charge in [0.05, 0.1) is 15.1 Å². The van der Waals surface area contributed by atoms with E-state index in [2.05, 4.69) is 30.0 Å². The molecule has 0 saturated carbocycles. The first-order valence-electron chi connectivity index (χ1n) is 12.0. The smallest absolute Gasteiger partial charge is 0.253 e. The van der Waals surface area contributed by atoms with Gasteiger partial charge in [-0.3, -0.25) is 4.79 Å². The second-order valence-corrected chi connectivity index (χ2v) is 11.9. The molecule has 2 aliphatic heterocycles. The van der Waals surface area contributed by atoms with E-state index in [1.54, 1.807) is 39.9 Å². The number of anilines is 1. The van der Waals surface area contributed by atoms with Crippen LogP contribution in [0.3, 0.4) is 0 Å². The maximum atomic E-state index is 13.1. The van der Waals surface area contributed by atoms with Gasteiger partial charge in [0.25, 0.3) is 5.91 Å². The lowest BCUT2D eigenvalue weighted by Gasteiger charge is -2.34. The van der Waals surface area contributed by atoms with E-state index in [9.17, 15) is 13.2 Å². The maximum absolute atomic E-state index is 13.1. The fourth-order valence-electron chi connectivity index (χ4n) is 4.62. The van der Waals surface area contributed by atoms with E-state index in [4.69, 9.17) is 4.98 Å². The molecule has 9 heteroatoms. The third kappa shape index (κ3) is 4.56. The second-order valence-electron chi connectivity index (χ2n) is 8.92. The molecular weight excluding hydrogens is 468 g/mol. The number of carbonyl (C=O) groups excluding carboxylic acids is 1.